The van der Waals surface area contributed by atoms with Crippen molar-refractivity contribution < 1.29 is 14.8 Å². The van der Waals surface area contributed by atoms with Gasteiger partial charge in [-0.15, -0.1) is 0 Å². The molecule has 0 aromatic heterocycles. The molecule has 0 aliphatic heterocycles. The number of aliphatic hydroxyl groups excluding tert-OH is 1. The zero-order chi connectivity index (χ0) is 16.1. The molecule has 0 aliphatic rings. The van der Waals surface area contributed by atoms with Crippen LogP contribution < -0.4 is 10.1 Å². The van der Waals surface area contributed by atoms with Crippen LogP contribution in [0.1, 0.15) is 13.8 Å². The van der Waals surface area contributed by atoms with Crippen LogP contribution in [0, 0.1) is 10.1 Å². The Morgan fingerprint density at radius 2 is 1.91 bits per heavy atom. The molecule has 0 heterocycles. The summed E-state index contributed by atoms with van der Waals surface area (Å²) in [4.78, 5) is 10.6. The highest BCUT2D eigenvalue weighted by molar-refractivity contribution is 5.95. The molecule has 2 aromatic rings. The maximum atomic E-state index is 11.1. The van der Waals surface area contributed by atoms with Crippen LogP contribution in [0.5, 0.6) is 5.75 Å². The number of aliphatic hydroxyl groups is 1. The van der Waals surface area contributed by atoms with Crippen LogP contribution in [0.25, 0.3) is 10.8 Å². The molecule has 6 heteroatoms. The van der Waals surface area contributed by atoms with Gasteiger partial charge in [0.15, 0.2) is 0 Å². The van der Waals surface area contributed by atoms with Crippen LogP contribution in [0.3, 0.4) is 0 Å². The molecule has 0 aliphatic carbocycles. The van der Waals surface area contributed by atoms with Crippen molar-refractivity contribution in [1.29, 1.82) is 0 Å². The molecule has 2 aromatic carbocycles. The largest absolute Gasteiger partial charge is 0.490 e. The topological polar surface area (TPSA) is 84.6 Å². The smallest absolute Gasteiger partial charge is 0.277 e. The summed E-state index contributed by atoms with van der Waals surface area (Å²) < 4.78 is 5.64. The molecule has 0 saturated heterocycles. The van der Waals surface area contributed by atoms with Gasteiger partial charge in [0.05, 0.1) is 10.3 Å². The van der Waals surface area contributed by atoms with Gasteiger partial charge in [-0.05, 0) is 12.1 Å². The molecule has 0 bridgehead atoms. The molecule has 0 spiro atoms. The van der Waals surface area contributed by atoms with E-state index in [9.17, 15) is 15.2 Å². The fourth-order valence-corrected chi connectivity index (χ4v) is 2.16. The number of ether oxygens (including phenoxy) is 1. The normalized spacial score (nSPS) is 12.5. The second-order valence-electron chi connectivity index (χ2n) is 5.41. The van der Waals surface area contributed by atoms with Gasteiger partial charge in [0, 0.05) is 24.0 Å². The number of hydrogen-bond acceptors (Lipinski definition) is 5. The summed E-state index contributed by atoms with van der Waals surface area (Å²) in [7, 11) is 0. The van der Waals surface area contributed by atoms with Crippen LogP contribution >= 0.6 is 0 Å². The van der Waals surface area contributed by atoms with Crippen LogP contribution in [0.15, 0.2) is 36.4 Å². The summed E-state index contributed by atoms with van der Waals surface area (Å²) in [6, 6.07) is 10.3. The maximum Gasteiger partial charge on any atom is 0.277 e. The van der Waals surface area contributed by atoms with Gasteiger partial charge in [0.1, 0.15) is 18.5 Å². The second-order valence-corrected chi connectivity index (χ2v) is 5.41. The molecular weight excluding hydrogens is 284 g/mol. The van der Waals surface area contributed by atoms with Gasteiger partial charge in [-0.3, -0.25) is 10.1 Å². The average Bonchev–Trinajstić information content (AvgIpc) is 2.50. The van der Waals surface area contributed by atoms with Crippen molar-refractivity contribution in [3.05, 3.63) is 46.5 Å². The van der Waals surface area contributed by atoms with E-state index in [4.69, 9.17) is 4.74 Å². The van der Waals surface area contributed by atoms with Crippen molar-refractivity contribution in [2.45, 2.75) is 26.0 Å². The molecule has 6 nitrogen and oxygen atoms in total. The van der Waals surface area contributed by atoms with Gasteiger partial charge >= 0.3 is 0 Å². The van der Waals surface area contributed by atoms with Crippen molar-refractivity contribution in [2.24, 2.45) is 0 Å². The van der Waals surface area contributed by atoms with Crippen molar-refractivity contribution in [2.75, 3.05) is 13.2 Å². The first-order valence-electron chi connectivity index (χ1n) is 7.19. The third kappa shape index (κ3) is 3.93. The Bertz CT molecular complexity index is 658. The van der Waals surface area contributed by atoms with Crippen molar-refractivity contribution in [3.63, 3.8) is 0 Å². The molecule has 2 rings (SSSR count). The van der Waals surface area contributed by atoms with Crippen LogP contribution in [-0.4, -0.2) is 35.3 Å². The molecule has 1 atom stereocenters. The van der Waals surface area contributed by atoms with Gasteiger partial charge in [0.25, 0.3) is 5.69 Å². The first-order chi connectivity index (χ1) is 10.5. The third-order valence-electron chi connectivity index (χ3n) is 3.25. The molecule has 0 radical (unpaired) electrons. The summed E-state index contributed by atoms with van der Waals surface area (Å²) in [5.41, 5.74) is 0.0463. The highest BCUT2D eigenvalue weighted by Crippen LogP contribution is 2.32. The van der Waals surface area contributed by atoms with Crippen molar-refractivity contribution in [3.8, 4) is 5.75 Å². The Labute approximate surface area is 128 Å². The van der Waals surface area contributed by atoms with Crippen LogP contribution in [0.4, 0.5) is 5.69 Å². The Kier molecular flexibility index (Phi) is 5.30. The molecule has 0 saturated carbocycles. The molecular formula is C16H20N2O4. The van der Waals surface area contributed by atoms with Crippen molar-refractivity contribution >= 4 is 16.5 Å². The summed E-state index contributed by atoms with van der Waals surface area (Å²) in [5, 5.41) is 25.3. The summed E-state index contributed by atoms with van der Waals surface area (Å²) >= 11 is 0. The highest BCUT2D eigenvalue weighted by Gasteiger charge is 2.15. The molecule has 118 valence electrons. The van der Waals surface area contributed by atoms with Gasteiger partial charge in [-0.1, -0.05) is 32.0 Å². The van der Waals surface area contributed by atoms with E-state index in [1.54, 1.807) is 30.3 Å². The number of hydrogen-bond donors (Lipinski definition) is 2. The molecule has 0 fully saturated rings. The number of nitro groups is 1. The Balaban J connectivity index is 2.15. The minimum atomic E-state index is -0.642. The quantitative estimate of drug-likeness (QED) is 0.606. The number of fused-ring (bicyclic) bond motifs is 1. The summed E-state index contributed by atoms with van der Waals surface area (Å²) in [6.45, 7) is 4.55. The van der Waals surface area contributed by atoms with Gasteiger partial charge in [-0.2, -0.15) is 0 Å². The number of nitro benzene ring substituents is 1. The zero-order valence-electron chi connectivity index (χ0n) is 12.7. The highest BCUT2D eigenvalue weighted by atomic mass is 16.6. The lowest BCUT2D eigenvalue weighted by molar-refractivity contribution is -0.383. The molecule has 2 N–H and O–H groups in total. The minimum Gasteiger partial charge on any atom is -0.490 e. The Hall–Kier alpha value is -2.18. The van der Waals surface area contributed by atoms with Crippen LogP contribution in [-0.2, 0) is 0 Å². The van der Waals surface area contributed by atoms with Crippen molar-refractivity contribution in [1.82, 2.24) is 5.32 Å². The van der Waals surface area contributed by atoms with E-state index < -0.39 is 11.0 Å². The monoisotopic (exact) mass is 304 g/mol. The van der Waals surface area contributed by atoms with E-state index in [0.29, 0.717) is 23.1 Å². The van der Waals surface area contributed by atoms with Gasteiger partial charge in [-0.25, -0.2) is 0 Å². The van der Waals surface area contributed by atoms with E-state index in [0.717, 1.165) is 0 Å². The van der Waals surface area contributed by atoms with Gasteiger partial charge < -0.3 is 15.2 Å². The first kappa shape index (κ1) is 16.2. The lowest BCUT2D eigenvalue weighted by Crippen LogP contribution is -2.35. The fourth-order valence-electron chi connectivity index (χ4n) is 2.16. The lowest BCUT2D eigenvalue weighted by atomic mass is 10.1. The van der Waals surface area contributed by atoms with Gasteiger partial charge in [0.2, 0.25) is 0 Å². The standard InChI is InChI=1S/C16H20N2O4/c1-11(2)17-9-12(19)10-22-16-8-7-15(18(20)21)13-5-3-4-6-14(13)16/h3-8,11-12,17,19H,9-10H2,1-2H3. The second kappa shape index (κ2) is 7.20. The number of rotatable bonds is 7. The predicted molar refractivity (Wildman–Crippen MR) is 85.2 cm³/mol. The lowest BCUT2D eigenvalue weighted by Gasteiger charge is -2.16. The molecule has 0 amide bonds. The average molecular weight is 304 g/mol. The van der Waals surface area contributed by atoms with E-state index in [1.807, 2.05) is 13.8 Å². The summed E-state index contributed by atoms with van der Waals surface area (Å²) in [5.74, 6) is 0.532. The number of nitrogens with zero attached hydrogens (tertiary/aromatic N) is 1. The maximum absolute atomic E-state index is 11.1. The predicted octanol–water partition coefficient (Wildman–Crippen LogP) is 2.49. The first-order valence-corrected chi connectivity index (χ1v) is 7.19. The number of benzene rings is 2. The molecule has 1 unspecified atom stereocenters. The number of non-ortho nitro benzene ring substituents is 1. The zero-order valence-corrected chi connectivity index (χ0v) is 12.7. The Morgan fingerprint density at radius 1 is 1.23 bits per heavy atom. The van der Waals surface area contributed by atoms with E-state index in [2.05, 4.69) is 5.32 Å². The third-order valence-corrected chi connectivity index (χ3v) is 3.25. The SMILES string of the molecule is CC(C)NCC(O)COc1ccc([N+](=O)[O-])c2ccccc12. The van der Waals surface area contributed by atoms with E-state index in [1.165, 1.54) is 6.07 Å². The fraction of sp³-hybridized carbons (Fsp3) is 0.375. The van der Waals surface area contributed by atoms with E-state index in [-0.39, 0.29) is 18.3 Å². The number of nitrogens with one attached hydrogen (secondary N) is 1. The van der Waals surface area contributed by atoms with E-state index >= 15 is 0 Å². The summed E-state index contributed by atoms with van der Waals surface area (Å²) in [6.07, 6.45) is -0.642. The minimum absolute atomic E-state index is 0.0463. The molecule has 22 heavy (non-hydrogen) atoms. The van der Waals surface area contributed by atoms with Crippen LogP contribution in [0.2, 0.25) is 0 Å². The Morgan fingerprint density at radius 3 is 2.55 bits per heavy atom.